The van der Waals surface area contributed by atoms with Gasteiger partial charge in [0.05, 0.1) is 17.2 Å². The van der Waals surface area contributed by atoms with Gasteiger partial charge in [-0.2, -0.15) is 0 Å². The lowest BCUT2D eigenvalue weighted by Crippen LogP contribution is -2.27. The molecule has 3 aromatic rings. The Kier molecular flexibility index (Phi) is 4.09. The van der Waals surface area contributed by atoms with Crippen molar-refractivity contribution in [2.45, 2.75) is 13.5 Å². The molecule has 2 aromatic heterocycles. The summed E-state index contributed by atoms with van der Waals surface area (Å²) in [6.45, 7) is 2.40. The normalized spacial score (nSPS) is 10.9. The number of nitrogens with zero attached hydrogens (tertiary/aromatic N) is 3. The molecule has 0 aliphatic carbocycles. The van der Waals surface area contributed by atoms with Gasteiger partial charge in [0.2, 0.25) is 0 Å². The lowest BCUT2D eigenvalue weighted by molar-refractivity contribution is 0.0778. The first-order valence-corrected chi connectivity index (χ1v) is 8.02. The van der Waals surface area contributed by atoms with Crippen LogP contribution in [0.1, 0.15) is 21.2 Å². The van der Waals surface area contributed by atoms with Crippen LogP contribution in [0.15, 0.2) is 35.7 Å². The number of amides is 1. The maximum Gasteiger partial charge on any atom is 0.272 e. The van der Waals surface area contributed by atoms with Crippen molar-refractivity contribution < 1.29 is 4.79 Å². The van der Waals surface area contributed by atoms with Crippen LogP contribution in [-0.4, -0.2) is 27.8 Å². The second kappa shape index (κ2) is 6.02. The molecule has 22 heavy (non-hydrogen) atoms. The number of thiazole rings is 1. The summed E-state index contributed by atoms with van der Waals surface area (Å²) in [5.41, 5.74) is 1.23. The number of fused-ring (bicyclic) bond motifs is 1. The van der Waals surface area contributed by atoms with Gasteiger partial charge in [0.1, 0.15) is 10.8 Å². The van der Waals surface area contributed by atoms with E-state index in [0.29, 0.717) is 17.4 Å². The number of hydrogen-bond acceptors (Lipinski definition) is 4. The molecule has 4 nitrogen and oxygen atoms in total. The Hall–Kier alpha value is -1.98. The van der Waals surface area contributed by atoms with Crippen LogP contribution in [0.3, 0.4) is 0 Å². The van der Waals surface area contributed by atoms with Crippen LogP contribution in [-0.2, 0) is 6.54 Å². The number of aryl methyl sites for hydroxylation is 1. The minimum Gasteiger partial charge on any atom is -0.334 e. The van der Waals surface area contributed by atoms with E-state index in [1.165, 1.54) is 0 Å². The summed E-state index contributed by atoms with van der Waals surface area (Å²) in [7, 11) is 1.74. The van der Waals surface area contributed by atoms with Crippen molar-refractivity contribution in [3.63, 3.8) is 0 Å². The van der Waals surface area contributed by atoms with E-state index in [-0.39, 0.29) is 5.91 Å². The van der Waals surface area contributed by atoms with Gasteiger partial charge in [-0.15, -0.1) is 11.3 Å². The first-order valence-electron chi connectivity index (χ1n) is 6.76. The topological polar surface area (TPSA) is 46.1 Å². The van der Waals surface area contributed by atoms with Crippen LogP contribution in [0.2, 0.25) is 5.15 Å². The first kappa shape index (κ1) is 14.9. The van der Waals surface area contributed by atoms with Crippen molar-refractivity contribution in [3.8, 4) is 0 Å². The molecule has 0 N–H and O–H groups in total. The van der Waals surface area contributed by atoms with Gasteiger partial charge in [-0.1, -0.05) is 35.9 Å². The molecule has 0 saturated carbocycles. The molecule has 0 spiro atoms. The molecule has 112 valence electrons. The van der Waals surface area contributed by atoms with E-state index in [4.69, 9.17) is 11.6 Å². The largest absolute Gasteiger partial charge is 0.334 e. The lowest BCUT2D eigenvalue weighted by Gasteiger charge is -2.16. The molecule has 1 aromatic carbocycles. The number of halogens is 1. The van der Waals surface area contributed by atoms with Crippen molar-refractivity contribution >= 4 is 39.6 Å². The molecule has 0 aliphatic rings. The summed E-state index contributed by atoms with van der Waals surface area (Å²) in [5, 5.41) is 5.05. The third-order valence-corrected chi connectivity index (χ3v) is 4.44. The highest BCUT2D eigenvalue weighted by atomic mass is 35.5. The molecular formula is C16H14ClN3OS. The zero-order chi connectivity index (χ0) is 15.7. The van der Waals surface area contributed by atoms with Gasteiger partial charge in [0, 0.05) is 17.8 Å². The Bertz CT molecular complexity index is 846. The number of hydrogen-bond donors (Lipinski definition) is 0. The summed E-state index contributed by atoms with van der Waals surface area (Å²) >= 11 is 7.75. The van der Waals surface area contributed by atoms with E-state index >= 15 is 0 Å². The number of carbonyl (C=O) groups excluding carboxylic acids is 1. The minimum atomic E-state index is -0.168. The molecule has 0 fully saturated rings. The Morgan fingerprint density at radius 3 is 2.82 bits per heavy atom. The lowest BCUT2D eigenvalue weighted by atomic mass is 10.1. The maximum atomic E-state index is 12.5. The zero-order valence-corrected chi connectivity index (χ0v) is 13.8. The molecule has 1 amide bonds. The van der Waals surface area contributed by atoms with Gasteiger partial charge in [0.25, 0.3) is 5.91 Å². The second-order valence-electron chi connectivity index (χ2n) is 5.04. The summed E-state index contributed by atoms with van der Waals surface area (Å²) < 4.78 is 0. The maximum absolute atomic E-state index is 12.5. The van der Waals surface area contributed by atoms with Gasteiger partial charge in [-0.05, 0) is 18.4 Å². The van der Waals surface area contributed by atoms with Crippen molar-refractivity contribution in [2.24, 2.45) is 0 Å². The molecule has 0 aliphatic heterocycles. The van der Waals surface area contributed by atoms with Gasteiger partial charge < -0.3 is 4.90 Å². The monoisotopic (exact) mass is 331 g/mol. The predicted molar refractivity (Wildman–Crippen MR) is 89.4 cm³/mol. The van der Waals surface area contributed by atoms with Gasteiger partial charge in [0.15, 0.2) is 0 Å². The Balaban J connectivity index is 1.88. The third-order valence-electron chi connectivity index (χ3n) is 3.33. The standard InChI is InChI=1S/C16H14ClN3OS/c1-10-18-12(9-22-10)8-20(2)16(21)14-7-11-5-3-4-6-13(11)15(17)19-14/h3-7,9H,8H2,1-2H3. The van der Waals surface area contributed by atoms with E-state index < -0.39 is 0 Å². The van der Waals surface area contributed by atoms with E-state index in [2.05, 4.69) is 9.97 Å². The number of pyridine rings is 1. The van der Waals surface area contributed by atoms with Crippen molar-refractivity contribution in [3.05, 3.63) is 57.3 Å². The quantitative estimate of drug-likeness (QED) is 0.683. The van der Waals surface area contributed by atoms with Crippen LogP contribution < -0.4 is 0 Å². The third kappa shape index (κ3) is 2.96. The molecule has 0 bridgehead atoms. The molecular weight excluding hydrogens is 318 g/mol. The molecule has 2 heterocycles. The van der Waals surface area contributed by atoms with Crippen molar-refractivity contribution in [1.29, 1.82) is 0 Å². The summed E-state index contributed by atoms with van der Waals surface area (Å²) in [5.74, 6) is -0.168. The fraction of sp³-hybridized carbons (Fsp3) is 0.188. The number of carbonyl (C=O) groups is 1. The Morgan fingerprint density at radius 2 is 2.09 bits per heavy atom. The number of benzene rings is 1. The predicted octanol–water partition coefficient (Wildman–Crippen LogP) is 3.93. The number of rotatable bonds is 3. The molecule has 0 unspecified atom stereocenters. The Labute approximate surface area is 137 Å². The highest BCUT2D eigenvalue weighted by Crippen LogP contribution is 2.23. The Morgan fingerprint density at radius 1 is 1.32 bits per heavy atom. The van der Waals surface area contributed by atoms with Crippen molar-refractivity contribution in [2.75, 3.05) is 7.05 Å². The molecule has 3 rings (SSSR count). The van der Waals surface area contributed by atoms with Crippen LogP contribution in [0, 0.1) is 6.92 Å². The highest BCUT2D eigenvalue weighted by molar-refractivity contribution is 7.09. The fourth-order valence-electron chi connectivity index (χ4n) is 2.26. The first-order chi connectivity index (χ1) is 10.5. The van der Waals surface area contributed by atoms with Gasteiger partial charge in [-0.25, -0.2) is 9.97 Å². The van der Waals surface area contributed by atoms with Gasteiger partial charge >= 0.3 is 0 Å². The average Bonchev–Trinajstić information content (AvgIpc) is 2.91. The highest BCUT2D eigenvalue weighted by Gasteiger charge is 2.16. The minimum absolute atomic E-state index is 0.168. The van der Waals surface area contributed by atoms with E-state index in [1.807, 2.05) is 36.6 Å². The van der Waals surface area contributed by atoms with E-state index in [9.17, 15) is 4.79 Å². The molecule has 6 heteroatoms. The zero-order valence-electron chi connectivity index (χ0n) is 12.2. The van der Waals surface area contributed by atoms with Crippen LogP contribution in [0.5, 0.6) is 0 Å². The van der Waals surface area contributed by atoms with E-state index in [1.54, 1.807) is 29.4 Å². The van der Waals surface area contributed by atoms with Crippen LogP contribution in [0.4, 0.5) is 0 Å². The molecule has 0 saturated heterocycles. The molecule has 0 radical (unpaired) electrons. The fourth-order valence-corrected chi connectivity index (χ4v) is 3.12. The van der Waals surface area contributed by atoms with Crippen LogP contribution >= 0.6 is 22.9 Å². The summed E-state index contributed by atoms with van der Waals surface area (Å²) in [6.07, 6.45) is 0. The second-order valence-corrected chi connectivity index (χ2v) is 6.46. The van der Waals surface area contributed by atoms with Crippen LogP contribution in [0.25, 0.3) is 10.8 Å². The smallest absolute Gasteiger partial charge is 0.272 e. The SMILES string of the molecule is Cc1nc(CN(C)C(=O)c2cc3ccccc3c(Cl)n2)cs1. The van der Waals surface area contributed by atoms with Crippen molar-refractivity contribution in [1.82, 2.24) is 14.9 Å². The number of aromatic nitrogens is 2. The summed E-state index contributed by atoms with van der Waals surface area (Å²) in [6, 6.07) is 9.39. The van der Waals surface area contributed by atoms with E-state index in [0.717, 1.165) is 21.5 Å². The van der Waals surface area contributed by atoms with Gasteiger partial charge in [-0.3, -0.25) is 4.79 Å². The summed E-state index contributed by atoms with van der Waals surface area (Å²) in [4.78, 5) is 22.7. The average molecular weight is 332 g/mol. The molecule has 0 atom stereocenters.